The van der Waals surface area contributed by atoms with Gasteiger partial charge in [-0.15, -0.1) is 11.8 Å². The van der Waals surface area contributed by atoms with E-state index in [2.05, 4.69) is 20.3 Å². The van der Waals surface area contributed by atoms with E-state index < -0.39 is 6.04 Å². The van der Waals surface area contributed by atoms with Crippen LogP contribution in [0.3, 0.4) is 0 Å². The van der Waals surface area contributed by atoms with Crippen LogP contribution in [0.2, 0.25) is 0 Å². The maximum absolute atomic E-state index is 13.0. The second kappa shape index (κ2) is 7.92. The minimum absolute atomic E-state index is 0.168. The van der Waals surface area contributed by atoms with Crippen LogP contribution in [0.5, 0.6) is 0 Å². The van der Waals surface area contributed by atoms with Gasteiger partial charge in [-0.2, -0.15) is 0 Å². The number of imidazole rings is 2. The van der Waals surface area contributed by atoms with Crippen molar-refractivity contribution in [1.29, 1.82) is 0 Å². The number of fused-ring (bicyclic) bond motifs is 2. The summed E-state index contributed by atoms with van der Waals surface area (Å²) in [7, 11) is 1.72. The molecule has 2 aromatic carbocycles. The van der Waals surface area contributed by atoms with Gasteiger partial charge in [-0.3, -0.25) is 9.59 Å². The number of carbonyl (C=O) groups excluding carboxylic acids is 2. The second-order valence-corrected chi connectivity index (χ2v) is 8.45. The Kier molecular flexibility index (Phi) is 4.95. The Morgan fingerprint density at radius 2 is 2.10 bits per heavy atom. The van der Waals surface area contributed by atoms with Crippen LogP contribution in [0.1, 0.15) is 16.1 Å². The van der Waals surface area contributed by atoms with Crippen molar-refractivity contribution in [3.05, 3.63) is 72.6 Å². The van der Waals surface area contributed by atoms with E-state index in [9.17, 15) is 9.59 Å². The fourth-order valence-electron chi connectivity index (χ4n) is 3.62. The van der Waals surface area contributed by atoms with E-state index in [1.807, 2.05) is 47.0 Å². The van der Waals surface area contributed by atoms with Crippen molar-refractivity contribution >= 4 is 40.3 Å². The summed E-state index contributed by atoms with van der Waals surface area (Å²) in [4.78, 5) is 40.0. The number of hydrogen-bond acceptors (Lipinski definition) is 5. The molecule has 1 atom stereocenters. The number of hydrogen-bond donors (Lipinski definition) is 2. The maximum Gasteiger partial charge on any atom is 0.272 e. The molecule has 0 spiro atoms. The van der Waals surface area contributed by atoms with E-state index in [-0.39, 0.29) is 17.5 Å². The zero-order valence-electron chi connectivity index (χ0n) is 16.8. The number of nitrogens with one attached hydrogen (secondary N) is 2. The largest absolute Gasteiger partial charge is 0.345 e. The third kappa shape index (κ3) is 3.79. The molecule has 2 amide bonds. The summed E-state index contributed by atoms with van der Waals surface area (Å²) in [6.07, 6.45) is 4.96. The fourth-order valence-corrected chi connectivity index (χ4v) is 4.74. The van der Waals surface area contributed by atoms with E-state index in [0.717, 1.165) is 27.2 Å². The van der Waals surface area contributed by atoms with E-state index in [4.69, 9.17) is 0 Å². The lowest BCUT2D eigenvalue weighted by Crippen LogP contribution is -2.48. The topological polar surface area (TPSA) is 95.9 Å². The molecule has 1 aliphatic rings. The predicted molar refractivity (Wildman–Crippen MR) is 119 cm³/mol. The third-order valence-corrected chi connectivity index (χ3v) is 6.41. The van der Waals surface area contributed by atoms with Gasteiger partial charge < -0.3 is 19.8 Å². The highest BCUT2D eigenvalue weighted by Gasteiger charge is 2.31. The number of H-pyrrole nitrogens is 1. The van der Waals surface area contributed by atoms with Gasteiger partial charge in [0.05, 0.1) is 29.4 Å². The van der Waals surface area contributed by atoms with Crippen molar-refractivity contribution in [2.45, 2.75) is 17.5 Å². The molecule has 0 radical (unpaired) electrons. The molecule has 1 unspecified atom stereocenters. The molecule has 2 aromatic heterocycles. The van der Waals surface area contributed by atoms with Gasteiger partial charge in [0, 0.05) is 30.4 Å². The number of nitrogens with zero attached hydrogens (tertiary/aromatic N) is 4. The summed E-state index contributed by atoms with van der Waals surface area (Å²) in [5, 5.41) is 2.85. The number of benzene rings is 2. The average molecular weight is 433 g/mol. The van der Waals surface area contributed by atoms with Crippen molar-refractivity contribution < 1.29 is 9.59 Å². The van der Waals surface area contributed by atoms with Crippen molar-refractivity contribution in [3.63, 3.8) is 0 Å². The average Bonchev–Trinajstić information content (AvgIpc) is 3.42. The summed E-state index contributed by atoms with van der Waals surface area (Å²) in [6.45, 7) is 0.624. The van der Waals surface area contributed by atoms with Gasteiger partial charge in [-0.05, 0) is 17.7 Å². The Labute approximate surface area is 182 Å². The third-order valence-electron chi connectivity index (χ3n) is 5.28. The highest BCUT2D eigenvalue weighted by atomic mass is 32.2. The van der Waals surface area contributed by atoms with Gasteiger partial charge in [-0.1, -0.05) is 30.3 Å². The van der Waals surface area contributed by atoms with Gasteiger partial charge in [0.15, 0.2) is 0 Å². The summed E-state index contributed by atoms with van der Waals surface area (Å²) in [6, 6.07) is 13.2. The summed E-state index contributed by atoms with van der Waals surface area (Å²) >= 11 is 1.54. The number of likely N-dealkylation sites (N-methyl/N-ethyl adjacent to an activating group) is 1. The van der Waals surface area contributed by atoms with Gasteiger partial charge in [-0.25, -0.2) is 9.97 Å². The monoisotopic (exact) mass is 432 g/mol. The Balaban J connectivity index is 1.31. The van der Waals surface area contributed by atoms with Crippen molar-refractivity contribution in [3.8, 4) is 0 Å². The molecule has 4 aromatic rings. The lowest BCUT2D eigenvalue weighted by molar-refractivity contribution is -0.119. The molecule has 3 heterocycles. The molecule has 0 aliphatic carbocycles. The van der Waals surface area contributed by atoms with Gasteiger partial charge in [0.2, 0.25) is 5.91 Å². The van der Waals surface area contributed by atoms with Crippen LogP contribution in [-0.2, 0) is 11.3 Å². The second-order valence-electron chi connectivity index (χ2n) is 7.39. The van der Waals surface area contributed by atoms with Crippen LogP contribution in [0.25, 0.3) is 11.0 Å². The van der Waals surface area contributed by atoms with E-state index in [0.29, 0.717) is 12.3 Å². The molecule has 0 bridgehead atoms. The molecule has 5 rings (SSSR count). The Morgan fingerprint density at radius 1 is 1.26 bits per heavy atom. The highest BCUT2D eigenvalue weighted by molar-refractivity contribution is 7.99. The first kappa shape index (κ1) is 19.4. The summed E-state index contributed by atoms with van der Waals surface area (Å²) in [5.74, 6) is -0.0937. The molecule has 0 saturated heterocycles. The minimum Gasteiger partial charge on any atom is -0.345 e. The summed E-state index contributed by atoms with van der Waals surface area (Å²) < 4.78 is 1.85. The zero-order valence-corrected chi connectivity index (χ0v) is 17.6. The zero-order chi connectivity index (χ0) is 21.4. The molecule has 156 valence electrons. The number of anilines is 1. The molecule has 0 fully saturated rings. The molecular formula is C22H20N6O2S. The first-order valence-electron chi connectivity index (χ1n) is 9.82. The SMILES string of the molecule is CN1C(=O)C(NC(=O)c2cn(Cc3ccccc3)cn2)CSc2cc3[nH]cnc3cc21. The van der Waals surface area contributed by atoms with Gasteiger partial charge >= 0.3 is 0 Å². The fraction of sp³-hybridized carbons (Fsp3) is 0.182. The van der Waals surface area contributed by atoms with Crippen LogP contribution in [0.15, 0.2) is 66.2 Å². The molecular weight excluding hydrogens is 412 g/mol. The first-order chi connectivity index (χ1) is 15.1. The van der Waals surface area contributed by atoms with E-state index in [1.165, 1.54) is 11.8 Å². The Bertz CT molecular complexity index is 1270. The lowest BCUT2D eigenvalue weighted by Gasteiger charge is -2.21. The standard InChI is InChI=1S/C22H20N6O2S/c1-27-19-7-15-16(24-12-23-15)8-20(19)31-11-18(22(27)30)26-21(29)17-10-28(13-25-17)9-14-5-3-2-4-6-14/h2-8,10,12-13,18H,9,11H2,1H3,(H,23,24)(H,26,29). The lowest BCUT2D eigenvalue weighted by atomic mass is 10.2. The number of thioether (sulfide) groups is 1. The highest BCUT2D eigenvalue weighted by Crippen LogP contribution is 2.36. The van der Waals surface area contributed by atoms with Crippen molar-refractivity contribution in [1.82, 2.24) is 24.8 Å². The first-order valence-corrected chi connectivity index (χ1v) is 10.8. The van der Waals surface area contributed by atoms with Crippen LogP contribution in [0.4, 0.5) is 5.69 Å². The minimum atomic E-state index is -0.652. The van der Waals surface area contributed by atoms with Crippen LogP contribution < -0.4 is 10.2 Å². The van der Waals surface area contributed by atoms with Crippen LogP contribution in [-0.4, -0.2) is 50.2 Å². The number of amides is 2. The molecule has 8 nitrogen and oxygen atoms in total. The van der Waals surface area contributed by atoms with E-state index in [1.54, 1.807) is 30.8 Å². The van der Waals surface area contributed by atoms with E-state index >= 15 is 0 Å². The smallest absolute Gasteiger partial charge is 0.272 e. The normalized spacial score (nSPS) is 16.2. The number of aromatic amines is 1. The van der Waals surface area contributed by atoms with Gasteiger partial charge in [0.25, 0.3) is 5.91 Å². The molecule has 1 aliphatic heterocycles. The quantitative estimate of drug-likeness (QED) is 0.517. The Hall–Kier alpha value is -3.59. The molecule has 31 heavy (non-hydrogen) atoms. The predicted octanol–water partition coefficient (Wildman–Crippen LogP) is 2.67. The Morgan fingerprint density at radius 3 is 2.94 bits per heavy atom. The number of carbonyl (C=O) groups is 2. The van der Waals surface area contributed by atoms with Crippen LogP contribution in [0, 0.1) is 0 Å². The van der Waals surface area contributed by atoms with Crippen molar-refractivity contribution in [2.24, 2.45) is 0 Å². The summed E-state index contributed by atoms with van der Waals surface area (Å²) in [5.41, 5.74) is 3.91. The number of rotatable bonds is 4. The molecule has 2 N–H and O–H groups in total. The maximum atomic E-state index is 13.0. The van der Waals surface area contributed by atoms with Crippen LogP contribution >= 0.6 is 11.8 Å². The van der Waals surface area contributed by atoms with Gasteiger partial charge in [0.1, 0.15) is 11.7 Å². The van der Waals surface area contributed by atoms with Crippen molar-refractivity contribution in [2.75, 3.05) is 17.7 Å². The molecule has 0 saturated carbocycles. The number of aromatic nitrogens is 4. The molecule has 9 heteroatoms.